The van der Waals surface area contributed by atoms with Gasteiger partial charge in [0.1, 0.15) is 0 Å². The minimum atomic E-state index is -0.341. The Hall–Kier alpha value is -0.980. The average molecular weight is 270 g/mol. The third kappa shape index (κ3) is 3.28. The van der Waals surface area contributed by atoms with Crippen LogP contribution in [-0.4, -0.2) is 24.2 Å². The second-order valence-electron chi connectivity index (χ2n) is 4.55. The second-order valence-corrected chi connectivity index (χ2v) is 5.44. The van der Waals surface area contributed by atoms with E-state index in [1.54, 1.807) is 6.07 Å². The van der Waals surface area contributed by atoms with Crippen molar-refractivity contribution in [3.8, 4) is 0 Å². The topological polar surface area (TPSA) is 64.4 Å². The molecule has 2 rings (SSSR count). The summed E-state index contributed by atoms with van der Waals surface area (Å²) in [5, 5.41) is 16.0. The second kappa shape index (κ2) is 6.26. The fourth-order valence-electron chi connectivity index (χ4n) is 2.33. The number of nitrogens with one attached hydrogen (secondary N) is 1. The Kier molecular flexibility index (Phi) is 4.68. The maximum Gasteiger partial charge on any atom is 0.324 e. The van der Waals surface area contributed by atoms with Gasteiger partial charge in [0.2, 0.25) is 0 Å². The predicted molar refractivity (Wildman–Crippen MR) is 70.8 cm³/mol. The summed E-state index contributed by atoms with van der Waals surface area (Å²) in [5.74, 6) is 0.573. The summed E-state index contributed by atoms with van der Waals surface area (Å²) < 4.78 is 5.63. The van der Waals surface area contributed by atoms with Gasteiger partial charge < -0.3 is 10.1 Å². The van der Waals surface area contributed by atoms with Gasteiger partial charge in [-0.25, -0.2) is 0 Å². The van der Waals surface area contributed by atoms with E-state index in [2.05, 4.69) is 12.2 Å². The Bertz CT molecular complexity index is 408. The Morgan fingerprint density at radius 3 is 3.17 bits per heavy atom. The van der Waals surface area contributed by atoms with Crippen molar-refractivity contribution in [1.82, 2.24) is 5.32 Å². The van der Waals surface area contributed by atoms with Crippen LogP contribution in [0.5, 0.6) is 0 Å². The smallest absolute Gasteiger partial charge is 0.324 e. The molecular formula is C12H18N2O3S. The minimum absolute atomic E-state index is 0.211. The molecule has 100 valence electrons. The van der Waals surface area contributed by atoms with E-state index in [-0.39, 0.29) is 9.92 Å². The number of ether oxygens (including phenoxy) is 1. The lowest BCUT2D eigenvalue weighted by molar-refractivity contribution is -0.380. The van der Waals surface area contributed by atoms with Crippen molar-refractivity contribution in [1.29, 1.82) is 0 Å². The molecule has 1 fully saturated rings. The van der Waals surface area contributed by atoms with Gasteiger partial charge in [-0.05, 0) is 24.3 Å². The van der Waals surface area contributed by atoms with E-state index in [1.807, 2.05) is 5.38 Å². The molecule has 2 heterocycles. The molecule has 1 N–H and O–H groups in total. The lowest BCUT2D eigenvalue weighted by Crippen LogP contribution is -2.27. The van der Waals surface area contributed by atoms with Crippen molar-refractivity contribution < 1.29 is 9.66 Å². The Labute approximate surface area is 110 Å². The highest BCUT2D eigenvalue weighted by Gasteiger charge is 2.26. The molecule has 0 amide bonds. The first-order chi connectivity index (χ1) is 8.70. The largest absolute Gasteiger partial charge is 0.378 e. The maximum absolute atomic E-state index is 10.6. The summed E-state index contributed by atoms with van der Waals surface area (Å²) in [7, 11) is 0. The molecule has 0 aliphatic carbocycles. The van der Waals surface area contributed by atoms with E-state index < -0.39 is 0 Å². The molecule has 0 aromatic carbocycles. The number of hydrogen-bond acceptors (Lipinski definition) is 5. The lowest BCUT2D eigenvalue weighted by atomic mass is 10.00. The third-order valence-electron chi connectivity index (χ3n) is 3.30. The third-order valence-corrected chi connectivity index (χ3v) is 4.23. The highest BCUT2D eigenvalue weighted by Crippen LogP contribution is 2.24. The zero-order valence-electron chi connectivity index (χ0n) is 10.4. The van der Waals surface area contributed by atoms with Crippen LogP contribution in [0.4, 0.5) is 5.00 Å². The first-order valence-electron chi connectivity index (χ1n) is 6.24. The van der Waals surface area contributed by atoms with Gasteiger partial charge in [0, 0.05) is 31.1 Å². The Morgan fingerprint density at radius 1 is 1.67 bits per heavy atom. The first-order valence-corrected chi connectivity index (χ1v) is 7.12. The van der Waals surface area contributed by atoms with E-state index >= 15 is 0 Å². The standard InChI is InChI=1S/C12H18N2O3S/c1-2-11-10(3-4-17-11)7-13-6-9-5-12(14(15)16)18-8-9/h5,8,10-11,13H,2-4,6-7H2,1H3. The fraction of sp³-hybridized carbons (Fsp3) is 0.667. The van der Waals surface area contributed by atoms with Crippen LogP contribution in [0.2, 0.25) is 0 Å². The molecule has 2 unspecified atom stereocenters. The molecular weight excluding hydrogens is 252 g/mol. The molecule has 0 bridgehead atoms. The molecule has 0 saturated carbocycles. The van der Waals surface area contributed by atoms with Gasteiger partial charge in [-0.1, -0.05) is 18.3 Å². The summed E-state index contributed by atoms with van der Waals surface area (Å²) in [6.07, 6.45) is 2.53. The van der Waals surface area contributed by atoms with Crippen molar-refractivity contribution in [2.75, 3.05) is 13.2 Å². The number of nitro groups is 1. The average Bonchev–Trinajstić information content (AvgIpc) is 2.97. The normalized spacial score (nSPS) is 23.4. The summed E-state index contributed by atoms with van der Waals surface area (Å²) in [6.45, 7) is 4.61. The van der Waals surface area contributed by atoms with Crippen molar-refractivity contribution in [3.05, 3.63) is 27.1 Å². The van der Waals surface area contributed by atoms with Crippen LogP contribution in [0.15, 0.2) is 11.4 Å². The molecule has 2 atom stereocenters. The van der Waals surface area contributed by atoms with E-state index in [9.17, 15) is 10.1 Å². The van der Waals surface area contributed by atoms with Gasteiger partial charge in [-0.15, -0.1) is 0 Å². The molecule has 1 aromatic rings. The van der Waals surface area contributed by atoms with E-state index in [0.29, 0.717) is 18.6 Å². The summed E-state index contributed by atoms with van der Waals surface area (Å²) >= 11 is 1.18. The monoisotopic (exact) mass is 270 g/mol. The predicted octanol–water partition coefficient (Wildman–Crippen LogP) is 2.56. The van der Waals surface area contributed by atoms with Gasteiger partial charge in [0.25, 0.3) is 0 Å². The lowest BCUT2D eigenvalue weighted by Gasteiger charge is -2.16. The molecule has 5 nitrogen and oxygen atoms in total. The maximum atomic E-state index is 10.6. The van der Waals surface area contributed by atoms with E-state index in [1.165, 1.54) is 11.3 Å². The summed E-state index contributed by atoms with van der Waals surface area (Å²) in [6, 6.07) is 1.64. The zero-order chi connectivity index (χ0) is 13.0. The number of rotatable bonds is 6. The molecule has 1 aliphatic heterocycles. The number of thiophene rings is 1. The Balaban J connectivity index is 1.76. The molecule has 0 radical (unpaired) electrons. The van der Waals surface area contributed by atoms with Crippen LogP contribution in [0.25, 0.3) is 0 Å². The van der Waals surface area contributed by atoms with Crippen LogP contribution in [0, 0.1) is 16.0 Å². The van der Waals surface area contributed by atoms with Crippen LogP contribution in [-0.2, 0) is 11.3 Å². The van der Waals surface area contributed by atoms with Gasteiger partial charge in [0.15, 0.2) is 0 Å². The first kappa shape index (κ1) is 13.5. The van der Waals surface area contributed by atoms with Crippen molar-refractivity contribution in [2.45, 2.75) is 32.4 Å². The van der Waals surface area contributed by atoms with Gasteiger partial charge in [-0.3, -0.25) is 10.1 Å². The zero-order valence-corrected chi connectivity index (χ0v) is 11.2. The van der Waals surface area contributed by atoms with E-state index in [0.717, 1.165) is 31.6 Å². The summed E-state index contributed by atoms with van der Waals surface area (Å²) in [4.78, 5) is 10.2. The quantitative estimate of drug-likeness (QED) is 0.637. The minimum Gasteiger partial charge on any atom is -0.378 e. The highest BCUT2D eigenvalue weighted by atomic mass is 32.1. The molecule has 0 spiro atoms. The van der Waals surface area contributed by atoms with E-state index in [4.69, 9.17) is 4.74 Å². The van der Waals surface area contributed by atoms with Gasteiger partial charge in [0.05, 0.1) is 11.0 Å². The molecule has 6 heteroatoms. The van der Waals surface area contributed by atoms with Gasteiger partial charge >= 0.3 is 5.00 Å². The van der Waals surface area contributed by atoms with Gasteiger partial charge in [-0.2, -0.15) is 0 Å². The Morgan fingerprint density at radius 2 is 2.50 bits per heavy atom. The number of nitrogens with zero attached hydrogens (tertiary/aromatic N) is 1. The van der Waals surface area contributed by atoms with Crippen molar-refractivity contribution in [2.24, 2.45) is 5.92 Å². The highest BCUT2D eigenvalue weighted by molar-refractivity contribution is 7.13. The molecule has 1 saturated heterocycles. The molecule has 1 aromatic heterocycles. The SMILES string of the molecule is CCC1OCCC1CNCc1csc([N+](=O)[O-])c1. The number of hydrogen-bond donors (Lipinski definition) is 1. The van der Waals surface area contributed by atoms with Crippen molar-refractivity contribution in [3.63, 3.8) is 0 Å². The molecule has 1 aliphatic rings. The van der Waals surface area contributed by atoms with Crippen LogP contribution >= 0.6 is 11.3 Å². The van der Waals surface area contributed by atoms with Crippen LogP contribution < -0.4 is 5.32 Å². The molecule has 18 heavy (non-hydrogen) atoms. The summed E-state index contributed by atoms with van der Waals surface area (Å²) in [5.41, 5.74) is 0.985. The van der Waals surface area contributed by atoms with Crippen LogP contribution in [0.3, 0.4) is 0 Å². The van der Waals surface area contributed by atoms with Crippen LogP contribution in [0.1, 0.15) is 25.3 Å². The fourth-order valence-corrected chi connectivity index (χ4v) is 3.06. The van der Waals surface area contributed by atoms with Crippen molar-refractivity contribution >= 4 is 16.3 Å².